The van der Waals surface area contributed by atoms with E-state index in [4.69, 9.17) is 4.74 Å². The lowest BCUT2D eigenvalue weighted by Gasteiger charge is -2.22. The normalized spacial score (nSPS) is 12.9. The van der Waals surface area contributed by atoms with Gasteiger partial charge in [-0.15, -0.1) is 0 Å². The number of aliphatic hydroxyl groups is 2. The Morgan fingerprint density at radius 3 is 1.39 bits per heavy atom. The maximum atomic E-state index is 12.4. The zero-order chi connectivity index (χ0) is 40.8. The SMILES string of the molecule is CCCCC/C=C\C/C=C\CCCCCCCCCC(=O)OCCCCCCCCCCCCCCCC(=O)NC(CO)C(O)CCCCCCCCCCC. The number of hydrogen-bond acceptors (Lipinski definition) is 5. The summed E-state index contributed by atoms with van der Waals surface area (Å²) in [5.74, 6) is -0.0651. The molecule has 0 aliphatic carbocycles. The van der Waals surface area contributed by atoms with Crippen molar-refractivity contribution in [2.45, 2.75) is 270 Å². The molecule has 0 aromatic rings. The maximum absolute atomic E-state index is 12.4. The molecule has 0 bridgehead atoms. The monoisotopic (exact) mass is 790 g/mol. The number of hydrogen-bond donors (Lipinski definition) is 3. The van der Waals surface area contributed by atoms with Crippen molar-refractivity contribution in [3.63, 3.8) is 0 Å². The molecule has 0 fully saturated rings. The molecule has 0 saturated heterocycles. The Morgan fingerprint density at radius 2 is 0.893 bits per heavy atom. The molecule has 330 valence electrons. The predicted octanol–water partition coefficient (Wildman–Crippen LogP) is 14.3. The molecule has 2 unspecified atom stereocenters. The van der Waals surface area contributed by atoms with Gasteiger partial charge in [-0.3, -0.25) is 9.59 Å². The van der Waals surface area contributed by atoms with Crippen LogP contribution in [0.25, 0.3) is 0 Å². The van der Waals surface area contributed by atoms with Crippen molar-refractivity contribution in [1.82, 2.24) is 5.32 Å². The zero-order valence-electron chi connectivity index (χ0n) is 37.4. The molecule has 0 saturated carbocycles. The van der Waals surface area contributed by atoms with Crippen LogP contribution in [0.1, 0.15) is 258 Å². The summed E-state index contributed by atoms with van der Waals surface area (Å²) in [6.07, 6.45) is 52.8. The molecule has 1 amide bonds. The minimum absolute atomic E-state index is 0.0139. The molecule has 56 heavy (non-hydrogen) atoms. The van der Waals surface area contributed by atoms with Crippen molar-refractivity contribution in [2.75, 3.05) is 13.2 Å². The van der Waals surface area contributed by atoms with Gasteiger partial charge in [-0.2, -0.15) is 0 Å². The van der Waals surface area contributed by atoms with Gasteiger partial charge in [0.25, 0.3) is 0 Å². The van der Waals surface area contributed by atoms with Gasteiger partial charge in [0.15, 0.2) is 0 Å². The van der Waals surface area contributed by atoms with Crippen LogP contribution >= 0.6 is 0 Å². The Kier molecular flexibility index (Phi) is 44.7. The van der Waals surface area contributed by atoms with Gasteiger partial charge in [-0.25, -0.2) is 0 Å². The summed E-state index contributed by atoms with van der Waals surface area (Å²) in [7, 11) is 0. The Bertz CT molecular complexity index is 874. The highest BCUT2D eigenvalue weighted by atomic mass is 16.5. The van der Waals surface area contributed by atoms with Crippen LogP contribution in [0.5, 0.6) is 0 Å². The lowest BCUT2D eigenvalue weighted by molar-refractivity contribution is -0.143. The molecule has 0 aromatic carbocycles. The molecular formula is C50H95NO5. The number of ether oxygens (including phenoxy) is 1. The van der Waals surface area contributed by atoms with E-state index in [2.05, 4.69) is 43.5 Å². The number of unbranched alkanes of at least 4 members (excludes halogenated alkanes) is 30. The number of nitrogens with one attached hydrogen (secondary N) is 1. The van der Waals surface area contributed by atoms with Crippen LogP contribution < -0.4 is 5.32 Å². The minimum atomic E-state index is -0.670. The van der Waals surface area contributed by atoms with Gasteiger partial charge in [0, 0.05) is 12.8 Å². The molecule has 3 N–H and O–H groups in total. The van der Waals surface area contributed by atoms with Crippen LogP contribution in [0.15, 0.2) is 24.3 Å². The van der Waals surface area contributed by atoms with Gasteiger partial charge < -0.3 is 20.3 Å². The maximum Gasteiger partial charge on any atom is 0.305 e. The van der Waals surface area contributed by atoms with Gasteiger partial charge in [-0.1, -0.05) is 212 Å². The van der Waals surface area contributed by atoms with Crippen molar-refractivity contribution in [2.24, 2.45) is 0 Å². The molecule has 0 aliphatic rings. The van der Waals surface area contributed by atoms with Crippen molar-refractivity contribution >= 4 is 11.9 Å². The molecule has 0 aliphatic heterocycles. The van der Waals surface area contributed by atoms with Crippen LogP contribution in [0.4, 0.5) is 0 Å². The van der Waals surface area contributed by atoms with Crippen molar-refractivity contribution in [1.29, 1.82) is 0 Å². The highest BCUT2D eigenvalue weighted by Crippen LogP contribution is 2.16. The smallest absolute Gasteiger partial charge is 0.305 e. The highest BCUT2D eigenvalue weighted by Gasteiger charge is 2.20. The summed E-state index contributed by atoms with van der Waals surface area (Å²) in [6, 6.07) is -0.549. The third kappa shape index (κ3) is 42.0. The average molecular weight is 790 g/mol. The van der Waals surface area contributed by atoms with Crippen molar-refractivity contribution in [3.8, 4) is 0 Å². The van der Waals surface area contributed by atoms with E-state index in [9.17, 15) is 19.8 Å². The standard InChI is InChI=1S/C50H95NO5/c1-3-5-7-9-11-13-14-15-16-17-18-21-24-28-32-36-40-44-50(55)56-45-41-37-33-29-25-22-19-20-23-27-31-35-39-43-49(54)51-47(46-52)48(53)42-38-34-30-26-12-10-8-6-4-2/h11,13,15-16,47-48,52-53H,3-10,12,14,17-46H2,1-2H3,(H,51,54)/b13-11-,16-15-. The van der Waals surface area contributed by atoms with Gasteiger partial charge in [0.1, 0.15) is 0 Å². The van der Waals surface area contributed by atoms with Crippen LogP contribution in [0.3, 0.4) is 0 Å². The Balaban J connectivity index is 3.43. The van der Waals surface area contributed by atoms with Gasteiger partial charge in [-0.05, 0) is 57.8 Å². The second kappa shape index (κ2) is 46.0. The van der Waals surface area contributed by atoms with Gasteiger partial charge in [0.2, 0.25) is 5.91 Å². The van der Waals surface area contributed by atoms with Gasteiger partial charge in [0.05, 0.1) is 25.4 Å². The first-order chi connectivity index (χ1) is 27.5. The summed E-state index contributed by atoms with van der Waals surface area (Å²) < 4.78 is 5.46. The summed E-state index contributed by atoms with van der Waals surface area (Å²) in [6.45, 7) is 4.87. The number of carbonyl (C=O) groups excluding carboxylic acids is 2. The highest BCUT2D eigenvalue weighted by molar-refractivity contribution is 5.76. The number of rotatable bonds is 45. The molecule has 0 radical (unpaired) electrons. The fraction of sp³-hybridized carbons (Fsp3) is 0.880. The fourth-order valence-corrected chi connectivity index (χ4v) is 7.43. The van der Waals surface area contributed by atoms with Crippen molar-refractivity contribution < 1.29 is 24.5 Å². The lowest BCUT2D eigenvalue weighted by atomic mass is 10.0. The number of esters is 1. The van der Waals surface area contributed by atoms with Crippen LogP contribution in [-0.2, 0) is 14.3 Å². The molecule has 0 spiro atoms. The lowest BCUT2D eigenvalue weighted by Crippen LogP contribution is -2.45. The van der Waals surface area contributed by atoms with E-state index in [1.807, 2.05) is 0 Å². The second-order valence-corrected chi connectivity index (χ2v) is 16.8. The Morgan fingerprint density at radius 1 is 0.500 bits per heavy atom. The fourth-order valence-electron chi connectivity index (χ4n) is 7.43. The molecule has 0 rings (SSSR count). The summed E-state index contributed by atoms with van der Waals surface area (Å²) in [5.41, 5.74) is 0. The van der Waals surface area contributed by atoms with E-state index >= 15 is 0 Å². The minimum Gasteiger partial charge on any atom is -0.466 e. The number of aliphatic hydroxyl groups excluding tert-OH is 2. The van der Waals surface area contributed by atoms with E-state index in [-0.39, 0.29) is 18.5 Å². The molecule has 6 nitrogen and oxygen atoms in total. The topological polar surface area (TPSA) is 95.9 Å². The molecule has 2 atom stereocenters. The zero-order valence-corrected chi connectivity index (χ0v) is 37.4. The Hall–Kier alpha value is -1.66. The van der Waals surface area contributed by atoms with E-state index in [1.54, 1.807) is 0 Å². The number of amides is 1. The quantitative estimate of drug-likeness (QED) is 0.0324. The van der Waals surface area contributed by atoms with Gasteiger partial charge >= 0.3 is 5.97 Å². The first kappa shape index (κ1) is 54.3. The van der Waals surface area contributed by atoms with Crippen molar-refractivity contribution in [3.05, 3.63) is 24.3 Å². The largest absolute Gasteiger partial charge is 0.466 e. The summed E-state index contributed by atoms with van der Waals surface area (Å²) in [4.78, 5) is 24.4. The first-order valence-corrected chi connectivity index (χ1v) is 24.6. The van der Waals surface area contributed by atoms with Crippen LogP contribution in [0, 0.1) is 0 Å². The van der Waals surface area contributed by atoms with E-state index in [1.165, 1.54) is 167 Å². The Labute approximate surface area is 348 Å². The first-order valence-electron chi connectivity index (χ1n) is 24.6. The van der Waals surface area contributed by atoms with E-state index in [0.29, 0.717) is 25.9 Å². The van der Waals surface area contributed by atoms with Crippen LogP contribution in [-0.4, -0.2) is 47.4 Å². The van der Waals surface area contributed by atoms with E-state index in [0.717, 1.165) is 57.8 Å². The number of allylic oxidation sites excluding steroid dienone is 4. The molecular weight excluding hydrogens is 695 g/mol. The molecule has 0 aromatic heterocycles. The average Bonchev–Trinajstić information content (AvgIpc) is 3.20. The van der Waals surface area contributed by atoms with Crippen LogP contribution in [0.2, 0.25) is 0 Å². The molecule has 6 heteroatoms. The summed E-state index contributed by atoms with van der Waals surface area (Å²) in [5, 5.41) is 23.0. The third-order valence-electron chi connectivity index (χ3n) is 11.3. The third-order valence-corrected chi connectivity index (χ3v) is 11.3. The second-order valence-electron chi connectivity index (χ2n) is 16.8. The molecule has 0 heterocycles. The van der Waals surface area contributed by atoms with E-state index < -0.39 is 12.1 Å². The predicted molar refractivity (Wildman–Crippen MR) is 241 cm³/mol. The summed E-state index contributed by atoms with van der Waals surface area (Å²) >= 11 is 0. The number of carbonyl (C=O) groups is 2.